The Morgan fingerprint density at radius 3 is 2.35 bits per heavy atom. The maximum atomic E-state index is 12.7. The highest BCUT2D eigenvalue weighted by atomic mass is 16.4. The molecule has 0 bridgehead atoms. The predicted molar refractivity (Wildman–Crippen MR) is 90.7 cm³/mol. The number of nitrogens with zero attached hydrogens (tertiary/aromatic N) is 1. The highest BCUT2D eigenvalue weighted by molar-refractivity contribution is 5.99. The summed E-state index contributed by atoms with van der Waals surface area (Å²) in [6.45, 7) is 6.78. The van der Waals surface area contributed by atoms with Crippen molar-refractivity contribution in [3.63, 3.8) is 0 Å². The second-order valence-corrected chi connectivity index (χ2v) is 6.69. The van der Waals surface area contributed by atoms with Crippen molar-refractivity contribution >= 4 is 11.8 Å². The van der Waals surface area contributed by atoms with E-state index in [4.69, 9.17) is 5.11 Å². The molecule has 1 saturated heterocycles. The number of Topliss-reactive ketones (excluding diaryl/α,β-unsaturated/α-hetero) is 1. The van der Waals surface area contributed by atoms with E-state index in [9.17, 15) is 9.59 Å². The second-order valence-electron chi connectivity index (χ2n) is 6.69. The van der Waals surface area contributed by atoms with Crippen molar-refractivity contribution in [2.75, 3.05) is 19.6 Å². The standard InChI is InChI=1S/C19H27NO3/c1-3-15-4-6-16(7-5-15)19(23)17(12-18(21)22)13-20-10-8-14(2)9-11-20/h4-7,14,17H,3,8-13H2,1-2H3,(H,21,22). The van der Waals surface area contributed by atoms with E-state index in [-0.39, 0.29) is 12.2 Å². The molecule has 1 aromatic rings. The molecule has 0 saturated carbocycles. The van der Waals surface area contributed by atoms with Gasteiger partial charge < -0.3 is 10.0 Å². The van der Waals surface area contributed by atoms with Gasteiger partial charge in [-0.15, -0.1) is 0 Å². The maximum absolute atomic E-state index is 12.7. The molecule has 0 aliphatic carbocycles. The molecule has 1 heterocycles. The molecule has 0 spiro atoms. The fourth-order valence-electron chi connectivity index (χ4n) is 3.15. The number of aliphatic carboxylic acids is 1. The van der Waals surface area contributed by atoms with Gasteiger partial charge in [0.2, 0.25) is 0 Å². The summed E-state index contributed by atoms with van der Waals surface area (Å²) in [4.78, 5) is 26.1. The van der Waals surface area contributed by atoms with Crippen LogP contribution in [0.5, 0.6) is 0 Å². The molecule has 4 nitrogen and oxygen atoms in total. The minimum absolute atomic E-state index is 0.0475. The Balaban J connectivity index is 2.06. The fraction of sp³-hybridized carbons (Fsp3) is 0.579. The van der Waals surface area contributed by atoms with Crippen LogP contribution in [0, 0.1) is 11.8 Å². The Morgan fingerprint density at radius 2 is 1.83 bits per heavy atom. The van der Waals surface area contributed by atoms with Crippen molar-refractivity contribution in [2.45, 2.75) is 39.5 Å². The lowest BCUT2D eigenvalue weighted by atomic mass is 9.91. The number of carboxylic acid groups (broad SMARTS) is 1. The normalized spacial score (nSPS) is 17.8. The molecule has 0 radical (unpaired) electrons. The molecular weight excluding hydrogens is 290 g/mol. The van der Waals surface area contributed by atoms with Gasteiger partial charge in [-0.05, 0) is 43.8 Å². The minimum Gasteiger partial charge on any atom is -0.481 e. The molecule has 1 aromatic carbocycles. The van der Waals surface area contributed by atoms with Crippen molar-refractivity contribution in [2.24, 2.45) is 11.8 Å². The molecule has 1 atom stereocenters. The van der Waals surface area contributed by atoms with Gasteiger partial charge in [-0.1, -0.05) is 38.1 Å². The Kier molecular flexibility index (Phi) is 6.34. The molecule has 1 aliphatic heterocycles. The molecule has 0 amide bonds. The molecule has 1 fully saturated rings. The van der Waals surface area contributed by atoms with E-state index in [1.165, 1.54) is 5.56 Å². The number of carbonyl (C=O) groups excluding carboxylic acids is 1. The van der Waals surface area contributed by atoms with Crippen molar-refractivity contribution < 1.29 is 14.7 Å². The number of likely N-dealkylation sites (tertiary alicyclic amines) is 1. The van der Waals surface area contributed by atoms with Crippen LogP contribution in [0.3, 0.4) is 0 Å². The van der Waals surface area contributed by atoms with Gasteiger partial charge >= 0.3 is 5.97 Å². The average molecular weight is 317 g/mol. The van der Waals surface area contributed by atoms with Crippen LogP contribution < -0.4 is 0 Å². The fourth-order valence-corrected chi connectivity index (χ4v) is 3.15. The number of rotatable bonds is 7. The third-order valence-corrected chi connectivity index (χ3v) is 4.79. The van der Waals surface area contributed by atoms with Gasteiger partial charge in [0.05, 0.1) is 6.42 Å². The van der Waals surface area contributed by atoms with Crippen molar-refractivity contribution in [3.05, 3.63) is 35.4 Å². The first-order valence-electron chi connectivity index (χ1n) is 8.57. The Morgan fingerprint density at radius 1 is 1.22 bits per heavy atom. The molecule has 126 valence electrons. The Bertz CT molecular complexity index is 530. The van der Waals surface area contributed by atoms with E-state index >= 15 is 0 Å². The van der Waals surface area contributed by atoms with Crippen LogP contribution in [0.2, 0.25) is 0 Å². The van der Waals surface area contributed by atoms with E-state index in [2.05, 4.69) is 18.7 Å². The molecule has 1 unspecified atom stereocenters. The first-order valence-corrected chi connectivity index (χ1v) is 8.57. The molecular formula is C19H27NO3. The zero-order chi connectivity index (χ0) is 16.8. The van der Waals surface area contributed by atoms with Crippen LogP contribution in [0.4, 0.5) is 0 Å². The monoisotopic (exact) mass is 317 g/mol. The third-order valence-electron chi connectivity index (χ3n) is 4.79. The van der Waals surface area contributed by atoms with Crippen LogP contribution in [0.1, 0.15) is 49.0 Å². The lowest BCUT2D eigenvalue weighted by molar-refractivity contribution is -0.137. The molecule has 1 aliphatic rings. The largest absolute Gasteiger partial charge is 0.481 e. The van der Waals surface area contributed by atoms with E-state index in [0.717, 1.165) is 38.3 Å². The van der Waals surface area contributed by atoms with Gasteiger partial charge in [0.25, 0.3) is 0 Å². The molecule has 0 aromatic heterocycles. The topological polar surface area (TPSA) is 57.6 Å². The van der Waals surface area contributed by atoms with Gasteiger partial charge in [-0.3, -0.25) is 9.59 Å². The zero-order valence-corrected chi connectivity index (χ0v) is 14.1. The predicted octanol–water partition coefficient (Wildman–Crippen LogP) is 3.25. The van der Waals surface area contributed by atoms with E-state index in [1.54, 1.807) is 0 Å². The van der Waals surface area contributed by atoms with E-state index in [0.29, 0.717) is 12.1 Å². The average Bonchev–Trinajstić information content (AvgIpc) is 2.55. The van der Waals surface area contributed by atoms with Crippen LogP contribution in [-0.2, 0) is 11.2 Å². The molecule has 2 rings (SSSR count). The van der Waals surface area contributed by atoms with Crippen molar-refractivity contribution in [3.8, 4) is 0 Å². The quantitative estimate of drug-likeness (QED) is 0.784. The smallest absolute Gasteiger partial charge is 0.304 e. The van der Waals surface area contributed by atoms with Crippen LogP contribution in [-0.4, -0.2) is 41.4 Å². The maximum Gasteiger partial charge on any atom is 0.304 e. The van der Waals surface area contributed by atoms with Gasteiger partial charge in [0, 0.05) is 18.0 Å². The third kappa shape index (κ3) is 5.17. The number of hydrogen-bond donors (Lipinski definition) is 1. The summed E-state index contributed by atoms with van der Waals surface area (Å²) in [7, 11) is 0. The lowest BCUT2D eigenvalue weighted by Gasteiger charge is -2.32. The zero-order valence-electron chi connectivity index (χ0n) is 14.1. The second kappa shape index (κ2) is 8.25. The minimum atomic E-state index is -0.904. The summed E-state index contributed by atoms with van der Waals surface area (Å²) >= 11 is 0. The van der Waals surface area contributed by atoms with Crippen molar-refractivity contribution in [1.29, 1.82) is 0 Å². The summed E-state index contributed by atoms with van der Waals surface area (Å²) in [5, 5.41) is 9.16. The first-order chi connectivity index (χ1) is 11.0. The number of carbonyl (C=O) groups is 2. The Labute approximate surface area is 138 Å². The van der Waals surface area contributed by atoms with E-state index < -0.39 is 11.9 Å². The highest BCUT2D eigenvalue weighted by Gasteiger charge is 2.27. The number of ketones is 1. The van der Waals surface area contributed by atoms with Gasteiger partial charge in [0.15, 0.2) is 5.78 Å². The van der Waals surface area contributed by atoms with E-state index in [1.807, 2.05) is 24.3 Å². The lowest BCUT2D eigenvalue weighted by Crippen LogP contribution is -2.39. The molecule has 4 heteroatoms. The number of aryl methyl sites for hydroxylation is 1. The van der Waals surface area contributed by atoms with Gasteiger partial charge in [-0.25, -0.2) is 0 Å². The van der Waals surface area contributed by atoms with Gasteiger partial charge in [-0.2, -0.15) is 0 Å². The number of carboxylic acids is 1. The first kappa shape index (κ1) is 17.7. The summed E-state index contributed by atoms with van der Waals surface area (Å²) < 4.78 is 0. The SMILES string of the molecule is CCc1ccc(C(=O)C(CC(=O)O)CN2CCC(C)CC2)cc1. The summed E-state index contributed by atoms with van der Waals surface area (Å²) in [5.74, 6) is -0.692. The number of piperidine rings is 1. The summed E-state index contributed by atoms with van der Waals surface area (Å²) in [5.41, 5.74) is 1.81. The van der Waals surface area contributed by atoms with Crippen LogP contribution in [0.25, 0.3) is 0 Å². The number of hydrogen-bond acceptors (Lipinski definition) is 3. The van der Waals surface area contributed by atoms with Crippen LogP contribution in [0.15, 0.2) is 24.3 Å². The van der Waals surface area contributed by atoms with Crippen LogP contribution >= 0.6 is 0 Å². The molecule has 1 N–H and O–H groups in total. The number of benzene rings is 1. The summed E-state index contributed by atoms with van der Waals surface area (Å²) in [6, 6.07) is 7.56. The molecule has 23 heavy (non-hydrogen) atoms. The van der Waals surface area contributed by atoms with Crippen molar-refractivity contribution in [1.82, 2.24) is 4.90 Å². The highest BCUT2D eigenvalue weighted by Crippen LogP contribution is 2.20. The Hall–Kier alpha value is -1.68. The van der Waals surface area contributed by atoms with Gasteiger partial charge in [0.1, 0.15) is 0 Å². The summed E-state index contributed by atoms with van der Waals surface area (Å²) in [6.07, 6.45) is 3.08.